The van der Waals surface area contributed by atoms with Crippen molar-refractivity contribution in [2.45, 2.75) is 26.8 Å². The lowest BCUT2D eigenvalue weighted by Gasteiger charge is -2.34. The number of hydrogen-bond donors (Lipinski definition) is 1. The number of amides is 2. The van der Waals surface area contributed by atoms with Gasteiger partial charge in [-0.1, -0.05) is 12.1 Å². The molecule has 25 heavy (non-hydrogen) atoms. The van der Waals surface area contributed by atoms with E-state index in [0.717, 1.165) is 5.56 Å². The van der Waals surface area contributed by atoms with Crippen molar-refractivity contribution >= 4 is 12.0 Å². The number of hydrogen-bond acceptors (Lipinski definition) is 5. The largest absolute Gasteiger partial charge is 0.479 e. The van der Waals surface area contributed by atoms with Crippen molar-refractivity contribution < 1.29 is 19.1 Å². The Balaban J connectivity index is 2.39. The first-order valence-electron chi connectivity index (χ1n) is 8.09. The van der Waals surface area contributed by atoms with Gasteiger partial charge in [-0.3, -0.25) is 4.90 Å². The standard InChI is InChI=1S/C18H21N3O4/c1-4-21-12(3)15(17(22)24-5-2)16(20-18(21)23)13-6-8-14(9-7-13)25-11-10-19/h6-9,16H,4-5,11H2,1-3H3,(H,20,23)/t16-/m0/s1. The van der Waals surface area contributed by atoms with Gasteiger partial charge in [0.25, 0.3) is 0 Å². The second-order valence-electron chi connectivity index (χ2n) is 5.36. The number of nitriles is 1. The summed E-state index contributed by atoms with van der Waals surface area (Å²) < 4.78 is 10.4. The van der Waals surface area contributed by atoms with E-state index in [-0.39, 0.29) is 19.2 Å². The van der Waals surface area contributed by atoms with Gasteiger partial charge in [-0.25, -0.2) is 9.59 Å². The molecule has 1 aromatic rings. The summed E-state index contributed by atoms with van der Waals surface area (Å²) in [6, 6.07) is 7.95. The molecule has 0 fully saturated rings. The maximum absolute atomic E-state index is 12.4. The van der Waals surface area contributed by atoms with Gasteiger partial charge in [0.05, 0.1) is 18.2 Å². The van der Waals surface area contributed by atoms with Crippen molar-refractivity contribution in [2.24, 2.45) is 0 Å². The Kier molecular flexibility index (Phi) is 6.01. The molecular formula is C18H21N3O4. The fourth-order valence-corrected chi connectivity index (χ4v) is 2.76. The molecule has 7 nitrogen and oxygen atoms in total. The number of esters is 1. The molecule has 2 rings (SSSR count). The van der Waals surface area contributed by atoms with Gasteiger partial charge in [-0.2, -0.15) is 5.26 Å². The molecule has 0 bridgehead atoms. The molecule has 1 aliphatic heterocycles. The number of benzene rings is 1. The first-order valence-corrected chi connectivity index (χ1v) is 8.09. The van der Waals surface area contributed by atoms with Crippen molar-refractivity contribution in [3.8, 4) is 11.8 Å². The molecule has 1 heterocycles. The van der Waals surface area contributed by atoms with E-state index in [2.05, 4.69) is 5.32 Å². The number of carbonyl (C=O) groups is 2. The van der Waals surface area contributed by atoms with Gasteiger partial charge < -0.3 is 14.8 Å². The van der Waals surface area contributed by atoms with E-state index in [0.29, 0.717) is 23.6 Å². The maximum Gasteiger partial charge on any atom is 0.338 e. The van der Waals surface area contributed by atoms with Crippen LogP contribution in [0.1, 0.15) is 32.4 Å². The number of ether oxygens (including phenoxy) is 2. The van der Waals surface area contributed by atoms with E-state index in [1.807, 2.05) is 13.0 Å². The van der Waals surface area contributed by atoms with Crippen LogP contribution in [0.5, 0.6) is 5.75 Å². The Bertz CT molecular complexity index is 719. The van der Waals surface area contributed by atoms with Crippen molar-refractivity contribution in [1.82, 2.24) is 10.2 Å². The molecule has 0 saturated heterocycles. The fourth-order valence-electron chi connectivity index (χ4n) is 2.76. The molecule has 2 amide bonds. The number of nitrogens with one attached hydrogen (secondary N) is 1. The van der Waals surface area contributed by atoms with Crippen molar-refractivity contribution in [2.75, 3.05) is 19.8 Å². The summed E-state index contributed by atoms with van der Waals surface area (Å²) in [4.78, 5) is 26.3. The molecule has 1 aromatic carbocycles. The number of rotatable bonds is 6. The zero-order chi connectivity index (χ0) is 18.4. The highest BCUT2D eigenvalue weighted by Gasteiger charge is 2.35. The van der Waals surface area contributed by atoms with Gasteiger partial charge in [-0.05, 0) is 38.5 Å². The second kappa shape index (κ2) is 8.20. The highest BCUT2D eigenvalue weighted by Crippen LogP contribution is 2.32. The third-order valence-electron chi connectivity index (χ3n) is 3.92. The summed E-state index contributed by atoms with van der Waals surface area (Å²) in [7, 11) is 0. The summed E-state index contributed by atoms with van der Waals surface area (Å²) in [5.74, 6) is 0.0919. The first-order chi connectivity index (χ1) is 12.0. The Labute approximate surface area is 146 Å². The van der Waals surface area contributed by atoms with Crippen LogP contribution in [0.2, 0.25) is 0 Å². The lowest BCUT2D eigenvalue weighted by Crippen LogP contribution is -2.47. The molecule has 0 unspecified atom stereocenters. The number of urea groups is 1. The molecule has 0 aliphatic carbocycles. The summed E-state index contributed by atoms with van der Waals surface area (Å²) in [5.41, 5.74) is 1.73. The minimum absolute atomic E-state index is 0.0436. The summed E-state index contributed by atoms with van der Waals surface area (Å²) in [5, 5.41) is 11.4. The molecule has 0 radical (unpaired) electrons. The molecule has 0 aromatic heterocycles. The van der Waals surface area contributed by atoms with Crippen molar-refractivity contribution in [1.29, 1.82) is 5.26 Å². The Morgan fingerprint density at radius 1 is 1.32 bits per heavy atom. The number of nitrogens with zero attached hydrogens (tertiary/aromatic N) is 2. The quantitative estimate of drug-likeness (QED) is 0.801. The molecular weight excluding hydrogens is 322 g/mol. The van der Waals surface area contributed by atoms with Crippen LogP contribution in [0, 0.1) is 11.3 Å². The molecule has 1 N–H and O–H groups in total. The normalized spacial score (nSPS) is 17.0. The van der Waals surface area contributed by atoms with Crippen LogP contribution in [0.15, 0.2) is 35.5 Å². The maximum atomic E-state index is 12.4. The van der Waals surface area contributed by atoms with Crippen LogP contribution in [0.25, 0.3) is 0 Å². The highest BCUT2D eigenvalue weighted by atomic mass is 16.5. The monoisotopic (exact) mass is 343 g/mol. The van der Waals surface area contributed by atoms with E-state index in [9.17, 15) is 9.59 Å². The third kappa shape index (κ3) is 3.91. The fraction of sp³-hybridized carbons (Fsp3) is 0.389. The Morgan fingerprint density at radius 2 is 2.00 bits per heavy atom. The molecule has 1 aliphatic rings. The van der Waals surface area contributed by atoms with Crippen LogP contribution in [0.4, 0.5) is 4.79 Å². The molecule has 0 spiro atoms. The van der Waals surface area contributed by atoms with Crippen LogP contribution in [-0.2, 0) is 9.53 Å². The van der Waals surface area contributed by atoms with Gasteiger partial charge in [0.2, 0.25) is 0 Å². The summed E-state index contributed by atoms with van der Waals surface area (Å²) in [6.07, 6.45) is 0. The van der Waals surface area contributed by atoms with Gasteiger partial charge in [0, 0.05) is 12.2 Å². The van der Waals surface area contributed by atoms with E-state index in [1.165, 1.54) is 4.90 Å². The summed E-state index contributed by atoms with van der Waals surface area (Å²) in [6.45, 7) is 5.98. The van der Waals surface area contributed by atoms with Crippen molar-refractivity contribution in [3.05, 3.63) is 41.1 Å². The van der Waals surface area contributed by atoms with Gasteiger partial charge in [0.1, 0.15) is 11.8 Å². The predicted molar refractivity (Wildman–Crippen MR) is 90.5 cm³/mol. The van der Waals surface area contributed by atoms with Gasteiger partial charge in [-0.15, -0.1) is 0 Å². The lowest BCUT2D eigenvalue weighted by atomic mass is 9.95. The molecule has 1 atom stereocenters. The van der Waals surface area contributed by atoms with Crippen LogP contribution >= 0.6 is 0 Å². The Morgan fingerprint density at radius 3 is 2.56 bits per heavy atom. The van der Waals surface area contributed by atoms with Gasteiger partial charge in [0.15, 0.2) is 6.61 Å². The lowest BCUT2D eigenvalue weighted by molar-refractivity contribution is -0.139. The van der Waals surface area contributed by atoms with Crippen LogP contribution in [0.3, 0.4) is 0 Å². The topological polar surface area (TPSA) is 91.7 Å². The Hall–Kier alpha value is -3.01. The molecule has 132 valence electrons. The predicted octanol–water partition coefficient (Wildman–Crippen LogP) is 2.51. The van der Waals surface area contributed by atoms with E-state index < -0.39 is 12.0 Å². The zero-order valence-electron chi connectivity index (χ0n) is 14.5. The van der Waals surface area contributed by atoms with E-state index >= 15 is 0 Å². The van der Waals surface area contributed by atoms with Crippen LogP contribution < -0.4 is 10.1 Å². The third-order valence-corrected chi connectivity index (χ3v) is 3.92. The SMILES string of the molecule is CCOC(=O)C1=C(C)N(CC)C(=O)N[C@H]1c1ccc(OCC#N)cc1. The number of allylic oxidation sites excluding steroid dienone is 1. The van der Waals surface area contributed by atoms with Crippen molar-refractivity contribution in [3.63, 3.8) is 0 Å². The molecule has 0 saturated carbocycles. The van der Waals surface area contributed by atoms with E-state index in [1.54, 1.807) is 38.1 Å². The zero-order valence-corrected chi connectivity index (χ0v) is 14.5. The minimum atomic E-state index is -0.598. The first kappa shape index (κ1) is 18.3. The average molecular weight is 343 g/mol. The minimum Gasteiger partial charge on any atom is -0.479 e. The van der Waals surface area contributed by atoms with Crippen LogP contribution in [-0.4, -0.2) is 36.7 Å². The number of carbonyl (C=O) groups excluding carboxylic acids is 2. The second-order valence-corrected chi connectivity index (χ2v) is 5.36. The van der Waals surface area contributed by atoms with Gasteiger partial charge >= 0.3 is 12.0 Å². The smallest absolute Gasteiger partial charge is 0.338 e. The van der Waals surface area contributed by atoms with E-state index in [4.69, 9.17) is 14.7 Å². The molecule has 7 heteroatoms. The highest BCUT2D eigenvalue weighted by molar-refractivity contribution is 5.95. The summed E-state index contributed by atoms with van der Waals surface area (Å²) >= 11 is 0. The average Bonchev–Trinajstić information content (AvgIpc) is 2.60.